The van der Waals surface area contributed by atoms with Crippen LogP contribution in [0, 0.1) is 11.3 Å². The average molecular weight is 425 g/mol. The van der Waals surface area contributed by atoms with Crippen molar-refractivity contribution in [1.29, 1.82) is 5.26 Å². The number of aryl methyl sites for hydroxylation is 1. The van der Waals surface area contributed by atoms with Gasteiger partial charge in [-0.25, -0.2) is 0 Å². The van der Waals surface area contributed by atoms with Crippen LogP contribution in [0.25, 0.3) is 17.0 Å². The Kier molecular flexibility index (Phi) is 5.24. The first-order valence-corrected chi connectivity index (χ1v) is 11.0. The van der Waals surface area contributed by atoms with Crippen LogP contribution in [-0.4, -0.2) is 29.0 Å². The number of nitrogens with zero attached hydrogens (tertiary/aromatic N) is 3. The summed E-state index contributed by atoms with van der Waals surface area (Å²) < 4.78 is 1.91. The summed E-state index contributed by atoms with van der Waals surface area (Å²) in [7, 11) is 0. The molecule has 3 aromatic rings. The SMILES string of the molecule is N#C/C(=C\c1cn(CC(=O)N2CCCc3ccccc32)c2ccccc12)C(=O)NC1CC1. The molecule has 2 heterocycles. The summed E-state index contributed by atoms with van der Waals surface area (Å²) in [6.07, 6.45) is 7.35. The number of amides is 2. The number of aromatic nitrogens is 1. The molecule has 0 spiro atoms. The second-order valence-corrected chi connectivity index (χ2v) is 8.42. The van der Waals surface area contributed by atoms with Gasteiger partial charge in [-0.1, -0.05) is 36.4 Å². The van der Waals surface area contributed by atoms with E-state index in [1.807, 2.05) is 64.2 Å². The molecule has 1 saturated carbocycles. The summed E-state index contributed by atoms with van der Waals surface area (Å²) in [6.45, 7) is 0.903. The van der Waals surface area contributed by atoms with E-state index in [1.54, 1.807) is 6.08 Å². The first-order chi connectivity index (χ1) is 15.6. The second-order valence-electron chi connectivity index (χ2n) is 8.42. The van der Waals surface area contributed by atoms with Gasteiger partial charge >= 0.3 is 0 Å². The lowest BCUT2D eigenvalue weighted by Gasteiger charge is -2.29. The molecule has 0 saturated heterocycles. The number of hydrogen-bond donors (Lipinski definition) is 1. The van der Waals surface area contributed by atoms with Crippen molar-refractivity contribution in [2.75, 3.05) is 11.4 Å². The van der Waals surface area contributed by atoms with Gasteiger partial charge in [0.25, 0.3) is 5.91 Å². The molecular formula is C26H24N4O2. The van der Waals surface area contributed by atoms with Gasteiger partial charge in [0.2, 0.25) is 5.91 Å². The van der Waals surface area contributed by atoms with Crippen LogP contribution >= 0.6 is 0 Å². The Morgan fingerprint density at radius 2 is 1.91 bits per heavy atom. The Hall–Kier alpha value is -3.85. The number of carbonyl (C=O) groups excluding carboxylic acids is 2. The number of anilines is 1. The lowest BCUT2D eigenvalue weighted by atomic mass is 10.0. The number of nitriles is 1. The average Bonchev–Trinajstić information content (AvgIpc) is 3.58. The number of hydrogen-bond acceptors (Lipinski definition) is 3. The molecule has 6 heteroatoms. The third kappa shape index (κ3) is 3.90. The molecule has 0 unspecified atom stereocenters. The summed E-state index contributed by atoms with van der Waals surface area (Å²) >= 11 is 0. The highest BCUT2D eigenvalue weighted by Crippen LogP contribution is 2.28. The van der Waals surface area contributed by atoms with Crippen LogP contribution in [0.1, 0.15) is 30.4 Å². The maximum Gasteiger partial charge on any atom is 0.262 e. The van der Waals surface area contributed by atoms with Gasteiger partial charge in [-0.3, -0.25) is 9.59 Å². The van der Waals surface area contributed by atoms with Crippen LogP contribution in [0.5, 0.6) is 0 Å². The van der Waals surface area contributed by atoms with E-state index in [9.17, 15) is 14.9 Å². The fraction of sp³-hybridized carbons (Fsp3) is 0.269. The summed E-state index contributed by atoms with van der Waals surface area (Å²) in [6, 6.07) is 18.0. The number of carbonyl (C=O) groups is 2. The molecule has 5 rings (SSSR count). The van der Waals surface area contributed by atoms with Crippen molar-refractivity contribution >= 4 is 34.5 Å². The lowest BCUT2D eigenvalue weighted by Crippen LogP contribution is -2.37. The van der Waals surface area contributed by atoms with Crippen molar-refractivity contribution in [2.24, 2.45) is 0 Å². The van der Waals surface area contributed by atoms with Gasteiger partial charge < -0.3 is 14.8 Å². The van der Waals surface area contributed by atoms with Crippen molar-refractivity contribution in [3.63, 3.8) is 0 Å². The molecule has 1 N–H and O–H groups in total. The molecule has 2 aromatic carbocycles. The third-order valence-corrected chi connectivity index (χ3v) is 6.11. The molecule has 1 aliphatic carbocycles. The summed E-state index contributed by atoms with van der Waals surface area (Å²) in [5, 5.41) is 13.3. The molecule has 0 atom stereocenters. The Morgan fingerprint density at radius 1 is 1.12 bits per heavy atom. The third-order valence-electron chi connectivity index (χ3n) is 6.11. The van der Waals surface area contributed by atoms with Crippen LogP contribution in [0.4, 0.5) is 5.69 Å². The number of fused-ring (bicyclic) bond motifs is 2. The number of para-hydroxylation sites is 2. The van der Waals surface area contributed by atoms with Crippen LogP contribution in [-0.2, 0) is 22.6 Å². The second kappa shape index (κ2) is 8.35. The molecule has 1 aromatic heterocycles. The first kappa shape index (κ1) is 20.1. The quantitative estimate of drug-likeness (QED) is 0.500. The zero-order chi connectivity index (χ0) is 22.1. The summed E-state index contributed by atoms with van der Waals surface area (Å²) in [5.41, 5.74) is 3.93. The van der Waals surface area contributed by atoms with Crippen LogP contribution < -0.4 is 10.2 Å². The van der Waals surface area contributed by atoms with Crippen molar-refractivity contribution in [3.8, 4) is 6.07 Å². The monoisotopic (exact) mass is 424 g/mol. The lowest BCUT2D eigenvalue weighted by molar-refractivity contribution is -0.119. The molecule has 1 fully saturated rings. The van der Waals surface area contributed by atoms with Gasteiger partial charge in [-0.15, -0.1) is 0 Å². The first-order valence-electron chi connectivity index (χ1n) is 11.0. The molecule has 32 heavy (non-hydrogen) atoms. The maximum absolute atomic E-state index is 13.3. The number of nitrogens with one attached hydrogen (secondary N) is 1. The van der Waals surface area contributed by atoms with Crippen LogP contribution in [0.2, 0.25) is 0 Å². The van der Waals surface area contributed by atoms with Gasteiger partial charge in [0.05, 0.1) is 0 Å². The predicted octanol–water partition coefficient (Wildman–Crippen LogP) is 3.81. The van der Waals surface area contributed by atoms with E-state index in [-0.39, 0.29) is 30.0 Å². The Bertz CT molecular complexity index is 1280. The Labute approximate surface area is 186 Å². The normalized spacial score (nSPS) is 15.8. The maximum atomic E-state index is 13.3. The standard InChI is InChI=1S/C26H24N4O2/c27-15-19(26(32)28-21-11-12-21)14-20-16-29(24-10-4-2-8-22(20)24)17-25(31)30-13-5-7-18-6-1-3-9-23(18)30/h1-4,6,8-10,14,16,21H,5,7,11-13,17H2,(H,28,32)/b19-14+. The zero-order valence-corrected chi connectivity index (χ0v) is 17.8. The molecular weight excluding hydrogens is 400 g/mol. The topological polar surface area (TPSA) is 78.1 Å². The van der Waals surface area contributed by atoms with E-state index in [4.69, 9.17) is 0 Å². The molecule has 0 radical (unpaired) electrons. The van der Waals surface area contributed by atoms with Crippen molar-refractivity contribution in [2.45, 2.75) is 38.3 Å². The summed E-state index contributed by atoms with van der Waals surface area (Å²) in [5.74, 6) is -0.312. The van der Waals surface area contributed by atoms with E-state index in [0.29, 0.717) is 6.54 Å². The minimum absolute atomic E-state index is 0.0282. The van der Waals surface area contributed by atoms with Gasteiger partial charge in [0, 0.05) is 40.9 Å². The van der Waals surface area contributed by atoms with Crippen molar-refractivity contribution in [1.82, 2.24) is 9.88 Å². The summed E-state index contributed by atoms with van der Waals surface area (Å²) in [4.78, 5) is 27.5. The molecule has 0 bridgehead atoms. The Balaban J connectivity index is 1.46. The molecule has 1 aliphatic heterocycles. The van der Waals surface area contributed by atoms with E-state index < -0.39 is 0 Å². The minimum atomic E-state index is -0.340. The largest absolute Gasteiger partial charge is 0.349 e. The highest BCUT2D eigenvalue weighted by Gasteiger charge is 2.25. The van der Waals surface area contributed by atoms with E-state index in [0.717, 1.165) is 47.8 Å². The van der Waals surface area contributed by atoms with Crippen LogP contribution in [0.3, 0.4) is 0 Å². The van der Waals surface area contributed by atoms with Crippen molar-refractivity contribution < 1.29 is 9.59 Å². The molecule has 2 aliphatic rings. The Morgan fingerprint density at radius 3 is 2.72 bits per heavy atom. The van der Waals surface area contributed by atoms with E-state index in [1.165, 1.54) is 5.56 Å². The molecule has 6 nitrogen and oxygen atoms in total. The van der Waals surface area contributed by atoms with Crippen molar-refractivity contribution in [3.05, 3.63) is 71.4 Å². The van der Waals surface area contributed by atoms with Gasteiger partial charge in [-0.05, 0) is 49.5 Å². The fourth-order valence-corrected chi connectivity index (χ4v) is 4.34. The highest BCUT2D eigenvalue weighted by molar-refractivity contribution is 6.04. The van der Waals surface area contributed by atoms with Gasteiger partial charge in [-0.2, -0.15) is 5.26 Å². The van der Waals surface area contributed by atoms with E-state index in [2.05, 4.69) is 11.4 Å². The highest BCUT2D eigenvalue weighted by atomic mass is 16.2. The van der Waals surface area contributed by atoms with Gasteiger partial charge in [0.1, 0.15) is 18.2 Å². The zero-order valence-electron chi connectivity index (χ0n) is 17.8. The van der Waals surface area contributed by atoms with Gasteiger partial charge in [0.15, 0.2) is 0 Å². The molecule has 160 valence electrons. The minimum Gasteiger partial charge on any atom is -0.349 e. The van der Waals surface area contributed by atoms with Crippen LogP contribution in [0.15, 0.2) is 60.3 Å². The molecule has 2 amide bonds. The fourth-order valence-electron chi connectivity index (χ4n) is 4.34. The number of benzene rings is 2. The smallest absolute Gasteiger partial charge is 0.262 e. The number of rotatable bonds is 5. The van der Waals surface area contributed by atoms with E-state index >= 15 is 0 Å². The predicted molar refractivity (Wildman–Crippen MR) is 124 cm³/mol.